The zero-order valence-electron chi connectivity index (χ0n) is 19.8. The molecule has 14 heteroatoms. The van der Waals surface area contributed by atoms with E-state index in [0.29, 0.717) is 55.0 Å². The van der Waals surface area contributed by atoms with Crippen molar-refractivity contribution in [3.63, 3.8) is 0 Å². The van der Waals surface area contributed by atoms with Gasteiger partial charge in [0.25, 0.3) is 5.69 Å². The normalized spacial score (nSPS) is 13.2. The van der Waals surface area contributed by atoms with Gasteiger partial charge in [-0.25, -0.2) is 9.82 Å². The molecule has 1 fully saturated rings. The quantitative estimate of drug-likeness (QED) is 0.184. The highest BCUT2D eigenvalue weighted by Crippen LogP contribution is 2.25. The van der Waals surface area contributed by atoms with Crippen LogP contribution in [0.4, 0.5) is 33.6 Å². The van der Waals surface area contributed by atoms with E-state index in [-0.39, 0.29) is 35.8 Å². The summed E-state index contributed by atoms with van der Waals surface area (Å²) in [6.07, 6.45) is 1.44. The number of nitro groups is 1. The Morgan fingerprint density at radius 1 is 1.03 bits per heavy atom. The number of nitro benzene ring substituents is 1. The van der Waals surface area contributed by atoms with Crippen molar-refractivity contribution in [2.45, 2.75) is 0 Å². The zero-order chi connectivity index (χ0) is 25.6. The Balaban J connectivity index is 0.00000336. The molecule has 0 unspecified atom stereocenters. The second-order valence-electron chi connectivity index (χ2n) is 7.89. The number of nitrogens with zero attached hydrogens (tertiary/aromatic N) is 6. The molecule has 0 spiro atoms. The van der Waals surface area contributed by atoms with Crippen LogP contribution in [0, 0.1) is 15.9 Å². The van der Waals surface area contributed by atoms with Crippen molar-refractivity contribution in [2.24, 2.45) is 5.10 Å². The first-order valence-electron chi connectivity index (χ1n) is 11.3. The predicted molar refractivity (Wildman–Crippen MR) is 142 cm³/mol. The summed E-state index contributed by atoms with van der Waals surface area (Å²) in [4.78, 5) is 25.8. The third kappa shape index (κ3) is 6.57. The second-order valence-corrected chi connectivity index (χ2v) is 7.89. The maximum atomic E-state index is 13.3. The Kier molecular flexibility index (Phi) is 8.40. The van der Waals surface area contributed by atoms with E-state index in [9.17, 15) is 14.5 Å². The van der Waals surface area contributed by atoms with E-state index in [1.807, 2.05) is 4.90 Å². The van der Waals surface area contributed by atoms with E-state index in [1.165, 1.54) is 30.5 Å². The molecule has 0 radical (unpaired) electrons. The standard InChI is InChI=1S/C24H21FN8O4.ClH/c25-17-4-6-18(7-5-17)27-22-28-23(30-24(29-22)32-10-12-36-13-11-32)31-26-15-20-8-9-21(37-20)16-2-1-3-19(14-16)33(34)35;/h1-9,14-15H,10-13H2,(H2,27,28,29,30,31);1H. The van der Waals surface area contributed by atoms with Gasteiger partial charge in [0.2, 0.25) is 17.8 Å². The molecule has 0 atom stereocenters. The van der Waals surface area contributed by atoms with Gasteiger partial charge in [-0.15, -0.1) is 12.4 Å². The van der Waals surface area contributed by atoms with Crippen molar-refractivity contribution >= 4 is 47.8 Å². The lowest BCUT2D eigenvalue weighted by Crippen LogP contribution is -2.37. The number of hydrazone groups is 1. The predicted octanol–water partition coefficient (Wildman–Crippen LogP) is 4.63. The summed E-state index contributed by atoms with van der Waals surface area (Å²) in [6, 6.07) is 15.4. The molecule has 0 saturated carbocycles. The average Bonchev–Trinajstić information content (AvgIpc) is 3.39. The minimum Gasteiger partial charge on any atom is -0.455 e. The van der Waals surface area contributed by atoms with Crippen LogP contribution in [-0.4, -0.2) is 52.4 Å². The number of hydrogen-bond acceptors (Lipinski definition) is 11. The molecule has 38 heavy (non-hydrogen) atoms. The summed E-state index contributed by atoms with van der Waals surface area (Å²) in [6.45, 7) is 2.35. The van der Waals surface area contributed by atoms with E-state index in [4.69, 9.17) is 9.15 Å². The molecule has 12 nitrogen and oxygen atoms in total. The fourth-order valence-electron chi connectivity index (χ4n) is 3.54. The third-order valence-electron chi connectivity index (χ3n) is 5.34. The number of non-ortho nitro benzene ring substituents is 1. The molecule has 0 bridgehead atoms. The lowest BCUT2D eigenvalue weighted by molar-refractivity contribution is -0.384. The summed E-state index contributed by atoms with van der Waals surface area (Å²) in [7, 11) is 0. The monoisotopic (exact) mass is 540 g/mol. The number of rotatable bonds is 8. The van der Waals surface area contributed by atoms with Gasteiger partial charge in [0.15, 0.2) is 0 Å². The average molecular weight is 541 g/mol. The fourth-order valence-corrected chi connectivity index (χ4v) is 3.54. The summed E-state index contributed by atoms with van der Waals surface area (Å²) in [5.41, 5.74) is 3.94. The SMILES string of the molecule is Cl.O=[N+]([O-])c1cccc(-c2ccc(C=NNc3nc(Nc4ccc(F)cc4)nc(N4CCOCC4)n3)o2)c1. The highest BCUT2D eigenvalue weighted by atomic mass is 35.5. The molecule has 2 aromatic heterocycles. The zero-order valence-corrected chi connectivity index (χ0v) is 20.6. The maximum Gasteiger partial charge on any atom is 0.270 e. The first-order chi connectivity index (χ1) is 18.0. The molecule has 1 aliphatic rings. The molecule has 3 heterocycles. The van der Waals surface area contributed by atoms with Gasteiger partial charge in [-0.1, -0.05) is 12.1 Å². The molecule has 2 aromatic carbocycles. The van der Waals surface area contributed by atoms with Crippen molar-refractivity contribution in [1.82, 2.24) is 15.0 Å². The van der Waals surface area contributed by atoms with Crippen molar-refractivity contribution in [3.05, 3.63) is 82.4 Å². The van der Waals surface area contributed by atoms with Crippen LogP contribution in [0.25, 0.3) is 11.3 Å². The first-order valence-corrected chi connectivity index (χ1v) is 11.3. The van der Waals surface area contributed by atoms with Crippen LogP contribution in [0.2, 0.25) is 0 Å². The molecular weight excluding hydrogens is 519 g/mol. The molecule has 5 rings (SSSR count). The first kappa shape index (κ1) is 26.4. The molecule has 0 aliphatic carbocycles. The number of ether oxygens (including phenoxy) is 1. The van der Waals surface area contributed by atoms with Crippen molar-refractivity contribution in [1.29, 1.82) is 0 Å². The molecular formula is C24H22ClFN8O4. The molecule has 1 aliphatic heterocycles. The number of morpholine rings is 1. The van der Waals surface area contributed by atoms with Gasteiger partial charge in [-0.05, 0) is 36.4 Å². The number of benzene rings is 2. The second kappa shape index (κ2) is 12.1. The van der Waals surface area contributed by atoms with Crippen LogP contribution in [0.15, 0.2) is 70.2 Å². The Labute approximate surface area is 222 Å². The Hall–Kier alpha value is -4.62. The highest BCUT2D eigenvalue weighted by Gasteiger charge is 2.17. The van der Waals surface area contributed by atoms with E-state index in [1.54, 1.807) is 36.4 Å². The van der Waals surface area contributed by atoms with Crippen LogP contribution in [0.3, 0.4) is 0 Å². The van der Waals surface area contributed by atoms with Crippen LogP contribution in [0.1, 0.15) is 5.76 Å². The molecule has 4 aromatic rings. The van der Waals surface area contributed by atoms with E-state index < -0.39 is 4.92 Å². The van der Waals surface area contributed by atoms with Crippen molar-refractivity contribution < 1.29 is 18.5 Å². The fraction of sp³-hybridized carbons (Fsp3) is 0.167. The van der Waals surface area contributed by atoms with E-state index in [0.717, 1.165) is 0 Å². The highest BCUT2D eigenvalue weighted by molar-refractivity contribution is 5.85. The largest absolute Gasteiger partial charge is 0.455 e. The summed E-state index contributed by atoms with van der Waals surface area (Å²) in [5, 5.41) is 18.2. The minimum atomic E-state index is -0.461. The molecule has 196 valence electrons. The topological polar surface area (TPSA) is 144 Å². The van der Waals surface area contributed by atoms with E-state index >= 15 is 0 Å². The Morgan fingerprint density at radius 3 is 2.55 bits per heavy atom. The van der Waals surface area contributed by atoms with Gasteiger partial charge in [0.05, 0.1) is 24.4 Å². The summed E-state index contributed by atoms with van der Waals surface area (Å²) >= 11 is 0. The van der Waals surface area contributed by atoms with Gasteiger partial charge < -0.3 is 19.4 Å². The van der Waals surface area contributed by atoms with E-state index in [2.05, 4.69) is 30.8 Å². The van der Waals surface area contributed by atoms with Gasteiger partial charge >= 0.3 is 0 Å². The maximum absolute atomic E-state index is 13.3. The number of anilines is 4. The summed E-state index contributed by atoms with van der Waals surface area (Å²) < 4.78 is 24.4. The van der Waals surface area contributed by atoms with Gasteiger partial charge in [0.1, 0.15) is 17.3 Å². The van der Waals surface area contributed by atoms with Crippen molar-refractivity contribution in [2.75, 3.05) is 41.9 Å². The number of furan rings is 1. The van der Waals surface area contributed by atoms with Crippen LogP contribution >= 0.6 is 12.4 Å². The van der Waals surface area contributed by atoms with Crippen molar-refractivity contribution in [3.8, 4) is 11.3 Å². The van der Waals surface area contributed by atoms with Gasteiger partial charge in [-0.3, -0.25) is 10.1 Å². The Bertz CT molecular complexity index is 1430. The molecule has 2 N–H and O–H groups in total. The third-order valence-corrected chi connectivity index (χ3v) is 5.34. The molecule has 1 saturated heterocycles. The smallest absolute Gasteiger partial charge is 0.270 e. The lowest BCUT2D eigenvalue weighted by Gasteiger charge is -2.27. The van der Waals surface area contributed by atoms with Crippen LogP contribution < -0.4 is 15.6 Å². The number of nitrogens with one attached hydrogen (secondary N) is 2. The Morgan fingerprint density at radius 2 is 1.79 bits per heavy atom. The lowest BCUT2D eigenvalue weighted by atomic mass is 10.1. The number of halogens is 2. The van der Waals surface area contributed by atoms with Crippen LogP contribution in [-0.2, 0) is 4.74 Å². The van der Waals surface area contributed by atoms with Gasteiger partial charge in [-0.2, -0.15) is 20.1 Å². The number of hydrogen-bond donors (Lipinski definition) is 2. The minimum absolute atomic E-state index is 0. The molecule has 0 amide bonds. The van der Waals surface area contributed by atoms with Gasteiger partial charge in [0, 0.05) is 36.5 Å². The summed E-state index contributed by atoms with van der Waals surface area (Å²) in [5.74, 6) is 1.41. The van der Waals surface area contributed by atoms with Crippen LogP contribution in [0.5, 0.6) is 0 Å². The number of aromatic nitrogens is 3.